The molecule has 0 radical (unpaired) electrons. The van der Waals surface area contributed by atoms with Crippen LogP contribution < -0.4 is 5.73 Å². The lowest BCUT2D eigenvalue weighted by atomic mass is 9.90. The van der Waals surface area contributed by atoms with E-state index in [0.29, 0.717) is 25.7 Å². The number of carboxylic acids is 1. The molecule has 0 saturated heterocycles. The molecule has 0 heterocycles. The number of halogens is 3. The molecule has 0 fully saturated rings. The fourth-order valence-corrected chi connectivity index (χ4v) is 2.56. The first-order valence-corrected chi connectivity index (χ1v) is 7.33. The van der Waals surface area contributed by atoms with Gasteiger partial charge in [-0.05, 0) is 36.8 Å². The number of aryl methyl sites for hydroxylation is 1. The summed E-state index contributed by atoms with van der Waals surface area (Å²) in [5.41, 5.74) is 5.10. The van der Waals surface area contributed by atoms with Gasteiger partial charge in [0.25, 0.3) is 0 Å². The summed E-state index contributed by atoms with van der Waals surface area (Å²) in [7, 11) is 0. The van der Waals surface area contributed by atoms with Gasteiger partial charge in [0.1, 0.15) is 0 Å². The lowest BCUT2D eigenvalue weighted by Crippen LogP contribution is -2.25. The number of hydrogen-bond acceptors (Lipinski definition) is 2. The highest BCUT2D eigenvalue weighted by molar-refractivity contribution is 5.70. The summed E-state index contributed by atoms with van der Waals surface area (Å²) in [6.07, 6.45) is -2.29. The molecule has 0 saturated carbocycles. The average Bonchev–Trinajstić information content (AvgIpc) is 2.44. The first kappa shape index (κ1) is 18.5. The standard InChI is InChI=1S/C16H22F3NO2/c1-11(9-13(10-20)15(21)22)5-4-7-12-6-2-3-8-14(12)16(17,18)19/h2-3,6,8,11,13H,4-5,7,9-10,20H2,1H3,(H,21,22)/t11-,13+/m0/s1. The summed E-state index contributed by atoms with van der Waals surface area (Å²) in [6, 6.07) is 5.57. The van der Waals surface area contributed by atoms with Crippen molar-refractivity contribution in [2.45, 2.75) is 38.8 Å². The van der Waals surface area contributed by atoms with Crippen LogP contribution in [0.3, 0.4) is 0 Å². The summed E-state index contributed by atoms with van der Waals surface area (Å²) in [4.78, 5) is 10.9. The molecule has 3 nitrogen and oxygen atoms in total. The molecule has 0 bridgehead atoms. The molecular weight excluding hydrogens is 295 g/mol. The molecule has 0 spiro atoms. The topological polar surface area (TPSA) is 63.3 Å². The van der Waals surface area contributed by atoms with Crippen LogP contribution in [-0.2, 0) is 17.4 Å². The Morgan fingerprint density at radius 2 is 1.95 bits per heavy atom. The van der Waals surface area contributed by atoms with Gasteiger partial charge in [0.15, 0.2) is 0 Å². The van der Waals surface area contributed by atoms with Crippen LogP contribution in [0.5, 0.6) is 0 Å². The number of nitrogens with two attached hydrogens (primary N) is 1. The first-order chi connectivity index (χ1) is 10.3. The van der Waals surface area contributed by atoms with Gasteiger partial charge < -0.3 is 10.8 Å². The van der Waals surface area contributed by atoms with E-state index >= 15 is 0 Å². The number of aliphatic carboxylic acids is 1. The molecule has 22 heavy (non-hydrogen) atoms. The smallest absolute Gasteiger partial charge is 0.416 e. The van der Waals surface area contributed by atoms with Crippen LogP contribution in [0.4, 0.5) is 13.2 Å². The van der Waals surface area contributed by atoms with Crippen molar-refractivity contribution < 1.29 is 23.1 Å². The summed E-state index contributed by atoms with van der Waals surface area (Å²) in [5, 5.41) is 8.95. The number of alkyl halides is 3. The van der Waals surface area contributed by atoms with E-state index in [9.17, 15) is 18.0 Å². The molecule has 0 aliphatic heterocycles. The number of carbonyl (C=O) groups is 1. The van der Waals surface area contributed by atoms with Gasteiger partial charge in [-0.1, -0.05) is 31.5 Å². The number of rotatable bonds is 8. The fraction of sp³-hybridized carbons (Fsp3) is 0.562. The van der Waals surface area contributed by atoms with E-state index in [1.54, 1.807) is 6.07 Å². The largest absolute Gasteiger partial charge is 0.481 e. The third-order valence-electron chi connectivity index (χ3n) is 3.79. The normalized spacial score (nSPS) is 14.6. The molecule has 1 aromatic rings. The highest BCUT2D eigenvalue weighted by atomic mass is 19.4. The summed E-state index contributed by atoms with van der Waals surface area (Å²) in [5.74, 6) is -1.39. The second kappa shape index (κ2) is 8.17. The van der Waals surface area contributed by atoms with Crippen molar-refractivity contribution in [2.24, 2.45) is 17.6 Å². The average molecular weight is 317 g/mol. The summed E-state index contributed by atoms with van der Waals surface area (Å²) >= 11 is 0. The van der Waals surface area contributed by atoms with Crippen molar-refractivity contribution in [3.8, 4) is 0 Å². The summed E-state index contributed by atoms with van der Waals surface area (Å²) < 4.78 is 38.6. The lowest BCUT2D eigenvalue weighted by molar-refractivity contribution is -0.142. The van der Waals surface area contributed by atoms with Crippen molar-refractivity contribution in [1.29, 1.82) is 0 Å². The first-order valence-electron chi connectivity index (χ1n) is 7.33. The van der Waals surface area contributed by atoms with E-state index in [1.165, 1.54) is 12.1 Å². The maximum atomic E-state index is 12.9. The predicted octanol–water partition coefficient (Wildman–Crippen LogP) is 3.71. The molecule has 1 rings (SSSR count). The van der Waals surface area contributed by atoms with Gasteiger partial charge in [0.05, 0.1) is 11.5 Å². The monoisotopic (exact) mass is 317 g/mol. The zero-order valence-electron chi connectivity index (χ0n) is 12.6. The third-order valence-corrected chi connectivity index (χ3v) is 3.79. The van der Waals surface area contributed by atoms with Crippen LogP contribution >= 0.6 is 0 Å². The zero-order chi connectivity index (χ0) is 16.8. The van der Waals surface area contributed by atoms with Gasteiger partial charge in [0, 0.05) is 6.54 Å². The molecule has 6 heteroatoms. The Balaban J connectivity index is 2.53. The van der Waals surface area contributed by atoms with E-state index in [-0.39, 0.29) is 18.0 Å². The highest BCUT2D eigenvalue weighted by Crippen LogP contribution is 2.32. The zero-order valence-corrected chi connectivity index (χ0v) is 12.6. The number of benzene rings is 1. The van der Waals surface area contributed by atoms with Gasteiger partial charge in [0.2, 0.25) is 0 Å². The third kappa shape index (κ3) is 5.67. The van der Waals surface area contributed by atoms with Crippen molar-refractivity contribution >= 4 is 5.97 Å². The Kier molecular flexibility index (Phi) is 6.87. The van der Waals surface area contributed by atoms with E-state index in [0.717, 1.165) is 6.07 Å². The van der Waals surface area contributed by atoms with Crippen LogP contribution in [-0.4, -0.2) is 17.6 Å². The van der Waals surface area contributed by atoms with Crippen LogP contribution in [0.1, 0.15) is 37.3 Å². The molecule has 0 amide bonds. The molecule has 0 unspecified atom stereocenters. The lowest BCUT2D eigenvalue weighted by Gasteiger charge is -2.17. The quantitative estimate of drug-likeness (QED) is 0.768. The minimum atomic E-state index is -4.34. The van der Waals surface area contributed by atoms with Gasteiger partial charge >= 0.3 is 12.1 Å². The molecular formula is C16H22F3NO2. The minimum absolute atomic E-state index is 0.0799. The molecule has 1 aromatic carbocycles. The van der Waals surface area contributed by atoms with Gasteiger partial charge in [-0.3, -0.25) is 4.79 Å². The Bertz CT molecular complexity index is 489. The van der Waals surface area contributed by atoms with Crippen molar-refractivity contribution in [2.75, 3.05) is 6.54 Å². The Morgan fingerprint density at radius 1 is 1.32 bits per heavy atom. The molecule has 0 aromatic heterocycles. The van der Waals surface area contributed by atoms with E-state index in [2.05, 4.69) is 0 Å². The SMILES string of the molecule is C[C@@H](CCCc1ccccc1C(F)(F)F)C[C@H](CN)C(=O)O. The highest BCUT2D eigenvalue weighted by Gasteiger charge is 2.32. The molecule has 124 valence electrons. The summed E-state index contributed by atoms with van der Waals surface area (Å²) in [6.45, 7) is 1.98. The second-order valence-corrected chi connectivity index (χ2v) is 5.66. The molecule has 0 aliphatic rings. The van der Waals surface area contributed by atoms with E-state index < -0.39 is 23.6 Å². The molecule has 0 aliphatic carbocycles. The van der Waals surface area contributed by atoms with Crippen LogP contribution in [0.2, 0.25) is 0 Å². The predicted molar refractivity (Wildman–Crippen MR) is 78.3 cm³/mol. The van der Waals surface area contributed by atoms with Gasteiger partial charge in [-0.2, -0.15) is 13.2 Å². The van der Waals surface area contributed by atoms with Crippen molar-refractivity contribution in [3.05, 3.63) is 35.4 Å². The fourth-order valence-electron chi connectivity index (χ4n) is 2.56. The molecule has 3 N–H and O–H groups in total. The van der Waals surface area contributed by atoms with Gasteiger partial charge in [-0.15, -0.1) is 0 Å². The van der Waals surface area contributed by atoms with Crippen LogP contribution in [0, 0.1) is 11.8 Å². The maximum absolute atomic E-state index is 12.9. The number of carboxylic acid groups (broad SMARTS) is 1. The second-order valence-electron chi connectivity index (χ2n) is 5.66. The molecule has 2 atom stereocenters. The van der Waals surface area contributed by atoms with Gasteiger partial charge in [-0.25, -0.2) is 0 Å². The van der Waals surface area contributed by atoms with Crippen molar-refractivity contribution in [1.82, 2.24) is 0 Å². The number of hydrogen-bond donors (Lipinski definition) is 2. The van der Waals surface area contributed by atoms with Crippen LogP contribution in [0.25, 0.3) is 0 Å². The Labute approximate surface area is 128 Å². The maximum Gasteiger partial charge on any atom is 0.416 e. The Hall–Kier alpha value is -1.56. The van der Waals surface area contributed by atoms with E-state index in [4.69, 9.17) is 10.8 Å². The van der Waals surface area contributed by atoms with Crippen molar-refractivity contribution in [3.63, 3.8) is 0 Å². The van der Waals surface area contributed by atoms with E-state index in [1.807, 2.05) is 6.92 Å². The minimum Gasteiger partial charge on any atom is -0.481 e. The van der Waals surface area contributed by atoms with Crippen LogP contribution in [0.15, 0.2) is 24.3 Å². The Morgan fingerprint density at radius 3 is 2.50 bits per heavy atom.